The molecule has 3 heteroatoms. The van der Waals surface area contributed by atoms with Crippen molar-refractivity contribution in [3.8, 4) is 0 Å². The molecule has 0 fully saturated rings. The zero-order chi connectivity index (χ0) is 11.8. The molecular formula is C13H19NO2. The molecule has 1 aromatic rings. The number of rotatable bonds is 6. The fourth-order valence-electron chi connectivity index (χ4n) is 1.66. The fourth-order valence-corrected chi connectivity index (χ4v) is 1.66. The summed E-state index contributed by atoms with van der Waals surface area (Å²) >= 11 is 0. The van der Waals surface area contributed by atoms with Gasteiger partial charge in [0, 0.05) is 0 Å². The van der Waals surface area contributed by atoms with E-state index in [0.29, 0.717) is 0 Å². The van der Waals surface area contributed by atoms with Crippen LogP contribution in [0.4, 0.5) is 4.79 Å². The molecule has 1 atom stereocenters. The maximum absolute atomic E-state index is 10.5. The van der Waals surface area contributed by atoms with Gasteiger partial charge < -0.3 is 10.5 Å². The number of unbranched alkanes of at least 4 members (excludes halogenated alkanes) is 1. The van der Waals surface area contributed by atoms with Gasteiger partial charge in [-0.1, -0.05) is 30.3 Å². The van der Waals surface area contributed by atoms with Crippen LogP contribution in [-0.2, 0) is 11.2 Å². The average molecular weight is 221 g/mol. The number of ether oxygens (including phenoxy) is 1. The maximum atomic E-state index is 10.5. The lowest BCUT2D eigenvalue weighted by Crippen LogP contribution is -2.20. The Morgan fingerprint density at radius 3 is 2.62 bits per heavy atom. The summed E-state index contributed by atoms with van der Waals surface area (Å²) in [7, 11) is 0. The summed E-state index contributed by atoms with van der Waals surface area (Å²) in [6.07, 6.45) is 3.34. The first kappa shape index (κ1) is 12.6. The summed E-state index contributed by atoms with van der Waals surface area (Å²) in [5, 5.41) is 0. The molecule has 16 heavy (non-hydrogen) atoms. The molecule has 0 aliphatic carbocycles. The van der Waals surface area contributed by atoms with E-state index in [9.17, 15) is 4.79 Å². The Bertz CT molecular complexity index is 311. The predicted octanol–water partition coefficient (Wildman–Crippen LogP) is 2.88. The van der Waals surface area contributed by atoms with E-state index in [0.717, 1.165) is 25.7 Å². The second kappa shape index (κ2) is 6.88. The normalized spacial score (nSPS) is 12.1. The van der Waals surface area contributed by atoms with Crippen LogP contribution in [0.2, 0.25) is 0 Å². The minimum Gasteiger partial charge on any atom is -0.447 e. The van der Waals surface area contributed by atoms with E-state index in [1.54, 1.807) is 0 Å². The van der Waals surface area contributed by atoms with E-state index >= 15 is 0 Å². The van der Waals surface area contributed by atoms with Gasteiger partial charge >= 0.3 is 6.09 Å². The number of primary amides is 1. The van der Waals surface area contributed by atoms with Crippen molar-refractivity contribution in [1.82, 2.24) is 0 Å². The maximum Gasteiger partial charge on any atom is 0.404 e. The van der Waals surface area contributed by atoms with Crippen molar-refractivity contribution in [3.63, 3.8) is 0 Å². The molecule has 2 N–H and O–H groups in total. The highest BCUT2D eigenvalue weighted by molar-refractivity contribution is 5.64. The van der Waals surface area contributed by atoms with Gasteiger partial charge in [-0.05, 0) is 38.2 Å². The molecule has 1 unspecified atom stereocenters. The van der Waals surface area contributed by atoms with Crippen molar-refractivity contribution in [1.29, 1.82) is 0 Å². The molecule has 0 radical (unpaired) electrons. The molecule has 0 heterocycles. The topological polar surface area (TPSA) is 52.3 Å². The monoisotopic (exact) mass is 221 g/mol. The lowest BCUT2D eigenvalue weighted by molar-refractivity contribution is 0.110. The Labute approximate surface area is 96.6 Å². The molecule has 0 bridgehead atoms. The Morgan fingerprint density at radius 1 is 1.31 bits per heavy atom. The summed E-state index contributed by atoms with van der Waals surface area (Å²) in [6.45, 7) is 1.87. The van der Waals surface area contributed by atoms with Crippen LogP contribution in [0.25, 0.3) is 0 Å². The molecule has 1 amide bonds. The molecule has 0 aliphatic heterocycles. The zero-order valence-electron chi connectivity index (χ0n) is 9.69. The van der Waals surface area contributed by atoms with Crippen molar-refractivity contribution in [2.24, 2.45) is 5.73 Å². The first-order valence-electron chi connectivity index (χ1n) is 5.68. The van der Waals surface area contributed by atoms with Gasteiger partial charge in [-0.2, -0.15) is 0 Å². The quantitative estimate of drug-likeness (QED) is 0.751. The highest BCUT2D eigenvalue weighted by Gasteiger charge is 2.04. The third-order valence-corrected chi connectivity index (χ3v) is 2.49. The predicted molar refractivity (Wildman–Crippen MR) is 64.1 cm³/mol. The van der Waals surface area contributed by atoms with Crippen molar-refractivity contribution in [3.05, 3.63) is 35.9 Å². The Balaban J connectivity index is 2.10. The SMILES string of the molecule is CC(CCCCc1ccccc1)OC(N)=O. The molecule has 1 rings (SSSR count). The van der Waals surface area contributed by atoms with Gasteiger partial charge in [0.1, 0.15) is 6.10 Å². The minimum absolute atomic E-state index is 0.0757. The van der Waals surface area contributed by atoms with E-state index in [2.05, 4.69) is 12.1 Å². The number of carbonyl (C=O) groups excluding carboxylic acids is 1. The van der Waals surface area contributed by atoms with Gasteiger partial charge in [0.25, 0.3) is 0 Å². The van der Waals surface area contributed by atoms with Gasteiger partial charge in [-0.15, -0.1) is 0 Å². The zero-order valence-corrected chi connectivity index (χ0v) is 9.69. The summed E-state index contributed by atoms with van der Waals surface area (Å²) < 4.78 is 4.84. The lowest BCUT2D eigenvalue weighted by atomic mass is 10.1. The Morgan fingerprint density at radius 2 is 2.00 bits per heavy atom. The number of hydrogen-bond acceptors (Lipinski definition) is 2. The molecule has 3 nitrogen and oxygen atoms in total. The third kappa shape index (κ3) is 5.39. The van der Waals surface area contributed by atoms with Crippen LogP contribution in [0.5, 0.6) is 0 Å². The summed E-state index contributed by atoms with van der Waals surface area (Å²) in [5.74, 6) is 0. The molecular weight excluding hydrogens is 202 g/mol. The largest absolute Gasteiger partial charge is 0.447 e. The fraction of sp³-hybridized carbons (Fsp3) is 0.462. The standard InChI is InChI=1S/C13H19NO2/c1-11(16-13(14)15)7-5-6-10-12-8-3-2-4-9-12/h2-4,8-9,11H,5-7,10H2,1H3,(H2,14,15). The number of aryl methyl sites for hydroxylation is 1. The second-order valence-corrected chi connectivity index (χ2v) is 3.98. The van der Waals surface area contributed by atoms with E-state index in [4.69, 9.17) is 10.5 Å². The number of nitrogens with two attached hydrogens (primary N) is 1. The molecule has 0 aromatic heterocycles. The van der Waals surface area contributed by atoms with Crippen LogP contribution < -0.4 is 5.73 Å². The molecule has 0 saturated heterocycles. The van der Waals surface area contributed by atoms with Gasteiger partial charge in [-0.25, -0.2) is 4.79 Å². The van der Waals surface area contributed by atoms with Crippen LogP contribution in [0.15, 0.2) is 30.3 Å². The number of hydrogen-bond donors (Lipinski definition) is 1. The van der Waals surface area contributed by atoms with Crippen LogP contribution in [0.3, 0.4) is 0 Å². The molecule has 0 spiro atoms. The number of benzene rings is 1. The van der Waals surface area contributed by atoms with Crippen LogP contribution in [0.1, 0.15) is 31.7 Å². The van der Waals surface area contributed by atoms with Gasteiger partial charge in [0.05, 0.1) is 0 Å². The van der Waals surface area contributed by atoms with Crippen molar-refractivity contribution in [2.75, 3.05) is 0 Å². The highest BCUT2D eigenvalue weighted by Crippen LogP contribution is 2.09. The lowest BCUT2D eigenvalue weighted by Gasteiger charge is -2.10. The van der Waals surface area contributed by atoms with Crippen LogP contribution >= 0.6 is 0 Å². The second-order valence-electron chi connectivity index (χ2n) is 3.98. The smallest absolute Gasteiger partial charge is 0.404 e. The van der Waals surface area contributed by atoms with E-state index in [1.807, 2.05) is 25.1 Å². The summed E-state index contributed by atoms with van der Waals surface area (Å²) in [6, 6.07) is 10.4. The van der Waals surface area contributed by atoms with Gasteiger partial charge in [0.2, 0.25) is 0 Å². The number of carbonyl (C=O) groups is 1. The van der Waals surface area contributed by atoms with Crippen LogP contribution in [-0.4, -0.2) is 12.2 Å². The molecule has 1 aromatic carbocycles. The van der Waals surface area contributed by atoms with E-state index < -0.39 is 6.09 Å². The van der Waals surface area contributed by atoms with E-state index in [-0.39, 0.29) is 6.10 Å². The Hall–Kier alpha value is -1.51. The van der Waals surface area contributed by atoms with Gasteiger partial charge in [-0.3, -0.25) is 0 Å². The van der Waals surface area contributed by atoms with Crippen molar-refractivity contribution in [2.45, 2.75) is 38.7 Å². The Kier molecular flexibility index (Phi) is 5.40. The molecule has 0 aliphatic rings. The van der Waals surface area contributed by atoms with Gasteiger partial charge in [0.15, 0.2) is 0 Å². The number of amides is 1. The third-order valence-electron chi connectivity index (χ3n) is 2.49. The first-order valence-corrected chi connectivity index (χ1v) is 5.68. The van der Waals surface area contributed by atoms with E-state index in [1.165, 1.54) is 5.56 Å². The summed E-state index contributed by atoms with van der Waals surface area (Å²) in [4.78, 5) is 10.5. The molecule has 88 valence electrons. The first-order chi connectivity index (χ1) is 7.68. The minimum atomic E-state index is -0.685. The summed E-state index contributed by atoms with van der Waals surface area (Å²) in [5.41, 5.74) is 6.28. The molecule has 0 saturated carbocycles. The van der Waals surface area contributed by atoms with Crippen molar-refractivity contribution < 1.29 is 9.53 Å². The average Bonchev–Trinajstić information content (AvgIpc) is 2.25. The highest BCUT2D eigenvalue weighted by atomic mass is 16.6. The van der Waals surface area contributed by atoms with Crippen LogP contribution in [0, 0.1) is 0 Å². The van der Waals surface area contributed by atoms with Crippen molar-refractivity contribution >= 4 is 6.09 Å².